The number of anilines is 1. The van der Waals surface area contributed by atoms with Crippen molar-refractivity contribution in [3.05, 3.63) is 28.2 Å². The summed E-state index contributed by atoms with van der Waals surface area (Å²) in [6, 6.07) is 4.87. The van der Waals surface area contributed by atoms with E-state index in [-0.39, 0.29) is 12.5 Å². The summed E-state index contributed by atoms with van der Waals surface area (Å²) in [4.78, 5) is 11.3. The van der Waals surface area contributed by atoms with Gasteiger partial charge >= 0.3 is 0 Å². The molecular weight excluding hydrogens is 237 g/mol. The van der Waals surface area contributed by atoms with Crippen LogP contribution in [0.1, 0.15) is 6.92 Å². The molecule has 0 radical (unpaired) electrons. The van der Waals surface area contributed by atoms with Crippen molar-refractivity contribution in [3.63, 3.8) is 0 Å². The number of nitrogens with one attached hydrogen (secondary N) is 1. The van der Waals surface area contributed by atoms with Gasteiger partial charge in [-0.25, -0.2) is 0 Å². The number of carbonyl (C=O) groups is 1. The second-order valence-corrected chi connectivity index (χ2v) is 3.65. The van der Waals surface area contributed by atoms with Gasteiger partial charge in [0.2, 0.25) is 5.91 Å². The summed E-state index contributed by atoms with van der Waals surface area (Å²) in [5, 5.41) is 3.57. The Labute approximate surface area is 98.3 Å². The average Bonchev–Trinajstić information content (AvgIpc) is 2.20. The first-order valence-electron chi connectivity index (χ1n) is 4.46. The zero-order valence-electron chi connectivity index (χ0n) is 8.22. The summed E-state index contributed by atoms with van der Waals surface area (Å²) in [5.41, 5.74) is 0.494. The van der Waals surface area contributed by atoms with Gasteiger partial charge in [-0.2, -0.15) is 0 Å². The van der Waals surface area contributed by atoms with Crippen molar-refractivity contribution in [1.82, 2.24) is 0 Å². The standard InChI is InChI=1S/C10H11Cl2NO2/c1-2-15-6-10(14)13-9-5-7(11)3-4-8(9)12/h3-5H,2,6H2,1H3,(H,13,14). The van der Waals surface area contributed by atoms with E-state index in [1.807, 2.05) is 6.92 Å². The third kappa shape index (κ3) is 4.08. The molecule has 0 spiro atoms. The monoisotopic (exact) mass is 247 g/mol. The third-order valence-corrected chi connectivity index (χ3v) is 2.20. The van der Waals surface area contributed by atoms with Crippen LogP contribution in [0.2, 0.25) is 10.0 Å². The summed E-state index contributed by atoms with van der Waals surface area (Å²) in [7, 11) is 0. The molecule has 0 saturated heterocycles. The molecular formula is C10H11Cl2NO2. The lowest BCUT2D eigenvalue weighted by atomic mass is 10.3. The lowest BCUT2D eigenvalue weighted by Crippen LogP contribution is -2.18. The number of hydrogen-bond acceptors (Lipinski definition) is 2. The van der Waals surface area contributed by atoms with Crippen LogP contribution in [0, 0.1) is 0 Å². The Balaban J connectivity index is 2.63. The first kappa shape index (κ1) is 12.3. The van der Waals surface area contributed by atoms with E-state index in [4.69, 9.17) is 27.9 Å². The maximum atomic E-state index is 11.3. The fraction of sp³-hybridized carbons (Fsp3) is 0.300. The van der Waals surface area contributed by atoms with Gasteiger partial charge in [-0.05, 0) is 25.1 Å². The largest absolute Gasteiger partial charge is 0.372 e. The van der Waals surface area contributed by atoms with Gasteiger partial charge in [0.1, 0.15) is 6.61 Å². The van der Waals surface area contributed by atoms with Gasteiger partial charge in [0.05, 0.1) is 10.7 Å². The molecule has 1 N–H and O–H groups in total. The normalized spacial score (nSPS) is 10.1. The number of amides is 1. The Morgan fingerprint density at radius 2 is 2.20 bits per heavy atom. The number of hydrogen-bond donors (Lipinski definition) is 1. The van der Waals surface area contributed by atoms with E-state index in [2.05, 4.69) is 5.32 Å². The van der Waals surface area contributed by atoms with E-state index in [9.17, 15) is 4.79 Å². The van der Waals surface area contributed by atoms with Gasteiger partial charge in [-0.15, -0.1) is 0 Å². The fourth-order valence-electron chi connectivity index (χ4n) is 0.974. The molecule has 3 nitrogen and oxygen atoms in total. The molecule has 0 aliphatic carbocycles. The van der Waals surface area contributed by atoms with Crippen molar-refractivity contribution in [2.45, 2.75) is 6.92 Å². The highest BCUT2D eigenvalue weighted by Crippen LogP contribution is 2.25. The number of rotatable bonds is 4. The van der Waals surface area contributed by atoms with Crippen molar-refractivity contribution >= 4 is 34.8 Å². The zero-order valence-corrected chi connectivity index (χ0v) is 9.73. The van der Waals surface area contributed by atoms with Crippen molar-refractivity contribution in [1.29, 1.82) is 0 Å². The van der Waals surface area contributed by atoms with Gasteiger partial charge < -0.3 is 10.1 Å². The van der Waals surface area contributed by atoms with Crippen LogP contribution in [-0.2, 0) is 9.53 Å². The lowest BCUT2D eigenvalue weighted by Gasteiger charge is -2.07. The van der Waals surface area contributed by atoms with Gasteiger partial charge in [-0.1, -0.05) is 23.2 Å². The summed E-state index contributed by atoms with van der Waals surface area (Å²) in [6.45, 7) is 2.33. The minimum atomic E-state index is -0.249. The van der Waals surface area contributed by atoms with Crippen LogP contribution in [0.4, 0.5) is 5.69 Å². The van der Waals surface area contributed by atoms with E-state index < -0.39 is 0 Å². The Morgan fingerprint density at radius 1 is 1.47 bits per heavy atom. The molecule has 1 amide bonds. The molecule has 0 aromatic heterocycles. The zero-order chi connectivity index (χ0) is 11.3. The van der Waals surface area contributed by atoms with Gasteiger partial charge in [0.25, 0.3) is 0 Å². The number of benzene rings is 1. The SMILES string of the molecule is CCOCC(=O)Nc1cc(Cl)ccc1Cl. The fourth-order valence-corrected chi connectivity index (χ4v) is 1.31. The highest BCUT2D eigenvalue weighted by Gasteiger charge is 2.05. The highest BCUT2D eigenvalue weighted by atomic mass is 35.5. The molecule has 0 fully saturated rings. The third-order valence-electron chi connectivity index (χ3n) is 1.64. The van der Waals surface area contributed by atoms with Gasteiger partial charge in [-0.3, -0.25) is 4.79 Å². The summed E-state index contributed by atoms with van der Waals surface area (Å²) in [6.07, 6.45) is 0. The van der Waals surface area contributed by atoms with Crippen LogP contribution in [0.5, 0.6) is 0 Å². The van der Waals surface area contributed by atoms with Crippen LogP contribution in [-0.4, -0.2) is 19.1 Å². The van der Waals surface area contributed by atoms with Crippen LogP contribution in [0.25, 0.3) is 0 Å². The van der Waals surface area contributed by atoms with E-state index >= 15 is 0 Å². The van der Waals surface area contributed by atoms with E-state index in [1.54, 1.807) is 18.2 Å². The smallest absolute Gasteiger partial charge is 0.250 e. The first-order chi connectivity index (χ1) is 7.13. The molecule has 15 heavy (non-hydrogen) atoms. The lowest BCUT2D eigenvalue weighted by molar-refractivity contribution is -0.120. The van der Waals surface area contributed by atoms with E-state index in [1.165, 1.54) is 0 Å². The Kier molecular flexibility index (Phi) is 4.88. The molecule has 1 rings (SSSR count). The predicted octanol–water partition coefficient (Wildman–Crippen LogP) is 2.97. The topological polar surface area (TPSA) is 38.3 Å². The summed E-state index contributed by atoms with van der Waals surface area (Å²) < 4.78 is 4.95. The van der Waals surface area contributed by atoms with Crippen molar-refractivity contribution < 1.29 is 9.53 Å². The first-order valence-corrected chi connectivity index (χ1v) is 5.21. The van der Waals surface area contributed by atoms with Crippen LogP contribution >= 0.6 is 23.2 Å². The van der Waals surface area contributed by atoms with Gasteiger partial charge in [0, 0.05) is 11.6 Å². The Morgan fingerprint density at radius 3 is 2.87 bits per heavy atom. The molecule has 82 valence electrons. The average molecular weight is 248 g/mol. The summed E-state index contributed by atoms with van der Waals surface area (Å²) in [5.74, 6) is -0.249. The van der Waals surface area contributed by atoms with Crippen molar-refractivity contribution in [2.75, 3.05) is 18.5 Å². The molecule has 1 aromatic carbocycles. The summed E-state index contributed by atoms with van der Waals surface area (Å²) >= 11 is 11.6. The van der Waals surface area contributed by atoms with Crippen molar-refractivity contribution in [3.8, 4) is 0 Å². The number of ether oxygens (including phenoxy) is 1. The van der Waals surface area contributed by atoms with E-state index in [0.29, 0.717) is 22.3 Å². The molecule has 0 aliphatic rings. The molecule has 0 heterocycles. The molecule has 0 unspecified atom stereocenters. The second-order valence-electron chi connectivity index (χ2n) is 2.81. The van der Waals surface area contributed by atoms with Crippen molar-refractivity contribution in [2.24, 2.45) is 0 Å². The number of halogens is 2. The maximum absolute atomic E-state index is 11.3. The van der Waals surface area contributed by atoms with Gasteiger partial charge in [0.15, 0.2) is 0 Å². The van der Waals surface area contributed by atoms with Crippen LogP contribution in [0.15, 0.2) is 18.2 Å². The molecule has 5 heteroatoms. The minimum absolute atomic E-state index is 0.0132. The second kappa shape index (κ2) is 5.95. The number of carbonyl (C=O) groups excluding carboxylic acids is 1. The molecule has 1 aromatic rings. The predicted molar refractivity (Wildman–Crippen MR) is 61.6 cm³/mol. The minimum Gasteiger partial charge on any atom is -0.372 e. The van der Waals surface area contributed by atoms with E-state index in [0.717, 1.165) is 0 Å². The molecule has 0 atom stereocenters. The van der Waals surface area contributed by atoms with Crippen LogP contribution in [0.3, 0.4) is 0 Å². The molecule has 0 aliphatic heterocycles. The van der Waals surface area contributed by atoms with Crippen LogP contribution < -0.4 is 5.32 Å². The molecule has 0 bridgehead atoms. The quantitative estimate of drug-likeness (QED) is 0.889. The Bertz CT molecular complexity index is 355. The highest BCUT2D eigenvalue weighted by molar-refractivity contribution is 6.35. The Hall–Kier alpha value is -0.770. The maximum Gasteiger partial charge on any atom is 0.250 e. The molecule has 0 saturated carbocycles.